The van der Waals surface area contributed by atoms with Crippen LogP contribution in [0.5, 0.6) is 0 Å². The van der Waals surface area contributed by atoms with Gasteiger partial charge in [-0.2, -0.15) is 5.10 Å². The molecule has 1 saturated heterocycles. The van der Waals surface area contributed by atoms with Gasteiger partial charge in [0, 0.05) is 18.5 Å². The number of carbonyl (C=O) groups is 1. The van der Waals surface area contributed by atoms with Crippen LogP contribution >= 0.6 is 0 Å². The number of rotatable bonds is 6. The molecule has 0 bridgehead atoms. The summed E-state index contributed by atoms with van der Waals surface area (Å²) >= 11 is 0. The molecule has 6 heteroatoms. The highest BCUT2D eigenvalue weighted by atomic mass is 16.2. The number of carbonyl (C=O) groups excluding carboxylic acids is 1. The minimum atomic E-state index is -0.413. The molecule has 1 amide bonds. The van der Waals surface area contributed by atoms with E-state index in [-0.39, 0.29) is 17.0 Å². The Morgan fingerprint density at radius 2 is 1.71 bits per heavy atom. The van der Waals surface area contributed by atoms with Crippen LogP contribution in [0, 0.1) is 0 Å². The molecule has 2 aliphatic rings. The third-order valence-electron chi connectivity index (χ3n) is 7.17. The zero-order valence-electron chi connectivity index (χ0n) is 19.0. The van der Waals surface area contributed by atoms with E-state index in [1.807, 2.05) is 38.1 Å². The summed E-state index contributed by atoms with van der Waals surface area (Å²) in [5.41, 5.74) is 0.456. The van der Waals surface area contributed by atoms with Crippen molar-refractivity contribution in [2.75, 3.05) is 19.6 Å². The van der Waals surface area contributed by atoms with Gasteiger partial charge >= 0.3 is 0 Å². The first-order valence-corrected chi connectivity index (χ1v) is 12.1. The number of hydrogen-bond donors (Lipinski definition) is 1. The SMILES string of the molecule is CCn1nc([C@H](C)C(=O)NC2(CN3CCCCC3)CCCCC2)c2ccccc2c1=O. The smallest absolute Gasteiger partial charge is 0.274 e. The van der Waals surface area contributed by atoms with E-state index in [1.54, 1.807) is 0 Å². The van der Waals surface area contributed by atoms with Gasteiger partial charge in [0.15, 0.2) is 0 Å². The standard InChI is InChI=1S/C25H36N4O2/c1-3-29-24(31)21-13-7-6-12-20(21)22(27-29)19(2)23(30)26-25(14-8-4-9-15-25)18-28-16-10-5-11-17-28/h6-7,12-13,19H,3-5,8-11,14-18H2,1-2H3,(H,26,30)/t19-/m0/s1. The number of hydrogen-bond acceptors (Lipinski definition) is 4. The monoisotopic (exact) mass is 424 g/mol. The Morgan fingerprint density at radius 3 is 2.39 bits per heavy atom. The fourth-order valence-electron chi connectivity index (χ4n) is 5.39. The summed E-state index contributed by atoms with van der Waals surface area (Å²) in [5.74, 6) is -0.388. The lowest BCUT2D eigenvalue weighted by atomic mass is 9.80. The zero-order chi connectivity index (χ0) is 21.8. The molecule has 1 aliphatic carbocycles. The Bertz CT molecular complexity index is 971. The van der Waals surface area contributed by atoms with Crippen LogP contribution in [0.15, 0.2) is 29.1 Å². The predicted molar refractivity (Wildman–Crippen MR) is 124 cm³/mol. The van der Waals surface area contributed by atoms with Crippen molar-refractivity contribution in [3.63, 3.8) is 0 Å². The Balaban J connectivity index is 1.61. The number of benzene rings is 1. The average Bonchev–Trinajstić information content (AvgIpc) is 2.80. The second kappa shape index (κ2) is 9.51. The molecule has 4 rings (SSSR count). The summed E-state index contributed by atoms with van der Waals surface area (Å²) in [6.45, 7) is 7.55. The number of aromatic nitrogens is 2. The predicted octanol–water partition coefficient (Wildman–Crippen LogP) is 3.82. The quantitative estimate of drug-likeness (QED) is 0.765. The van der Waals surface area contributed by atoms with Gasteiger partial charge in [-0.15, -0.1) is 0 Å². The third kappa shape index (κ3) is 4.69. The molecule has 1 N–H and O–H groups in total. The first-order chi connectivity index (χ1) is 15.0. The Hall–Kier alpha value is -2.21. The van der Waals surface area contributed by atoms with E-state index >= 15 is 0 Å². The number of fused-ring (bicyclic) bond motifs is 1. The highest BCUT2D eigenvalue weighted by Gasteiger charge is 2.37. The summed E-state index contributed by atoms with van der Waals surface area (Å²) in [4.78, 5) is 28.8. The van der Waals surface area contributed by atoms with E-state index in [9.17, 15) is 9.59 Å². The minimum Gasteiger partial charge on any atom is -0.349 e. The van der Waals surface area contributed by atoms with Crippen molar-refractivity contribution in [3.8, 4) is 0 Å². The molecule has 6 nitrogen and oxygen atoms in total. The highest BCUT2D eigenvalue weighted by molar-refractivity contribution is 5.91. The van der Waals surface area contributed by atoms with Crippen LogP contribution in [-0.2, 0) is 11.3 Å². The molecule has 2 fully saturated rings. The third-order valence-corrected chi connectivity index (χ3v) is 7.17. The van der Waals surface area contributed by atoms with Crippen molar-refractivity contribution in [1.82, 2.24) is 20.0 Å². The Morgan fingerprint density at radius 1 is 1.06 bits per heavy atom. The lowest BCUT2D eigenvalue weighted by Crippen LogP contribution is -2.58. The van der Waals surface area contributed by atoms with Gasteiger partial charge < -0.3 is 10.2 Å². The lowest BCUT2D eigenvalue weighted by Gasteiger charge is -2.43. The van der Waals surface area contributed by atoms with E-state index in [0.29, 0.717) is 17.6 Å². The topological polar surface area (TPSA) is 67.2 Å². The summed E-state index contributed by atoms with van der Waals surface area (Å²) < 4.78 is 1.48. The first kappa shape index (κ1) is 22.0. The number of nitrogens with zero attached hydrogens (tertiary/aromatic N) is 3. The largest absolute Gasteiger partial charge is 0.349 e. The number of piperidine rings is 1. The maximum Gasteiger partial charge on any atom is 0.274 e. The van der Waals surface area contributed by atoms with Crippen molar-refractivity contribution in [3.05, 3.63) is 40.3 Å². The molecule has 1 aromatic carbocycles. The second-order valence-corrected chi connectivity index (χ2v) is 9.44. The minimum absolute atomic E-state index is 0.0258. The van der Waals surface area contributed by atoms with Crippen LogP contribution in [0.2, 0.25) is 0 Å². The van der Waals surface area contributed by atoms with E-state index in [0.717, 1.165) is 37.9 Å². The molecule has 168 valence electrons. The van der Waals surface area contributed by atoms with Crippen molar-refractivity contribution in [2.45, 2.75) is 83.2 Å². The molecule has 1 atom stereocenters. The van der Waals surface area contributed by atoms with Gasteiger partial charge in [0.25, 0.3) is 5.56 Å². The van der Waals surface area contributed by atoms with E-state index in [1.165, 1.54) is 43.2 Å². The molecule has 1 aliphatic heterocycles. The maximum absolute atomic E-state index is 13.5. The highest BCUT2D eigenvalue weighted by Crippen LogP contribution is 2.31. The molecule has 31 heavy (non-hydrogen) atoms. The average molecular weight is 425 g/mol. The van der Waals surface area contributed by atoms with Crippen LogP contribution in [0.3, 0.4) is 0 Å². The lowest BCUT2D eigenvalue weighted by molar-refractivity contribution is -0.125. The van der Waals surface area contributed by atoms with Gasteiger partial charge in [0.1, 0.15) is 0 Å². The molecule has 0 unspecified atom stereocenters. The molecule has 1 saturated carbocycles. The molecule has 2 aromatic rings. The van der Waals surface area contributed by atoms with Crippen LogP contribution in [0.4, 0.5) is 0 Å². The summed E-state index contributed by atoms with van der Waals surface area (Å²) in [6, 6.07) is 7.52. The van der Waals surface area contributed by atoms with Crippen LogP contribution in [-0.4, -0.2) is 45.8 Å². The van der Waals surface area contributed by atoms with Crippen molar-refractivity contribution in [1.29, 1.82) is 0 Å². The fourth-order valence-corrected chi connectivity index (χ4v) is 5.39. The summed E-state index contributed by atoms with van der Waals surface area (Å²) in [7, 11) is 0. The van der Waals surface area contributed by atoms with Gasteiger partial charge in [-0.1, -0.05) is 43.9 Å². The first-order valence-electron chi connectivity index (χ1n) is 12.1. The summed E-state index contributed by atoms with van der Waals surface area (Å²) in [5, 5.41) is 9.51. The number of nitrogens with one attached hydrogen (secondary N) is 1. The van der Waals surface area contributed by atoms with Gasteiger partial charge in [0.05, 0.1) is 22.5 Å². The van der Waals surface area contributed by atoms with Gasteiger partial charge in [-0.05, 0) is 58.7 Å². The number of likely N-dealkylation sites (tertiary alicyclic amines) is 1. The van der Waals surface area contributed by atoms with E-state index < -0.39 is 5.92 Å². The van der Waals surface area contributed by atoms with Crippen LogP contribution in [0.25, 0.3) is 10.8 Å². The molecule has 0 radical (unpaired) electrons. The molecular formula is C25H36N4O2. The van der Waals surface area contributed by atoms with Gasteiger partial charge in [-0.3, -0.25) is 9.59 Å². The van der Waals surface area contributed by atoms with Gasteiger partial charge in [-0.25, -0.2) is 4.68 Å². The number of amides is 1. The van der Waals surface area contributed by atoms with Crippen molar-refractivity contribution < 1.29 is 4.79 Å². The fraction of sp³-hybridized carbons (Fsp3) is 0.640. The van der Waals surface area contributed by atoms with Crippen LogP contribution < -0.4 is 10.9 Å². The van der Waals surface area contributed by atoms with Crippen molar-refractivity contribution in [2.24, 2.45) is 0 Å². The van der Waals surface area contributed by atoms with Gasteiger partial charge in [0.2, 0.25) is 5.91 Å². The normalized spacial score (nSPS) is 20.5. The zero-order valence-corrected chi connectivity index (χ0v) is 19.0. The molecule has 1 aromatic heterocycles. The van der Waals surface area contributed by atoms with Crippen LogP contribution in [0.1, 0.15) is 76.8 Å². The molecule has 2 heterocycles. The molecular weight excluding hydrogens is 388 g/mol. The molecule has 0 spiro atoms. The Kier molecular flexibility index (Phi) is 6.75. The maximum atomic E-state index is 13.5. The number of aryl methyl sites for hydroxylation is 1. The summed E-state index contributed by atoms with van der Waals surface area (Å²) in [6.07, 6.45) is 9.52. The second-order valence-electron chi connectivity index (χ2n) is 9.44. The Labute approximate surface area is 185 Å². The van der Waals surface area contributed by atoms with E-state index in [4.69, 9.17) is 0 Å². The van der Waals surface area contributed by atoms with Crippen molar-refractivity contribution >= 4 is 16.7 Å². The van der Waals surface area contributed by atoms with E-state index in [2.05, 4.69) is 15.3 Å².